The maximum Gasteiger partial charge on any atom is 0.239 e. The molecule has 3 rings (SSSR count). The van der Waals surface area contributed by atoms with Gasteiger partial charge in [0, 0.05) is 25.7 Å². The summed E-state index contributed by atoms with van der Waals surface area (Å²) >= 11 is 0. The third kappa shape index (κ3) is 4.63. The number of nitrogens with zero attached hydrogens (tertiary/aromatic N) is 1. The van der Waals surface area contributed by atoms with Gasteiger partial charge in [-0.3, -0.25) is 4.79 Å². The molecule has 2 aliphatic rings. The van der Waals surface area contributed by atoms with Gasteiger partial charge in [0.15, 0.2) is 0 Å². The van der Waals surface area contributed by atoms with E-state index in [1.165, 1.54) is 18.4 Å². The highest BCUT2D eigenvalue weighted by atomic mass is 19.1. The molecule has 3 unspecified atom stereocenters. The number of piperidine rings is 1. The van der Waals surface area contributed by atoms with Crippen molar-refractivity contribution >= 4 is 5.91 Å². The maximum absolute atomic E-state index is 13.3. The van der Waals surface area contributed by atoms with Crippen molar-refractivity contribution in [1.29, 1.82) is 0 Å². The molecule has 5 heteroatoms. The number of hydrogen-bond acceptors (Lipinski definition) is 3. The second kappa shape index (κ2) is 8.05. The fourth-order valence-corrected chi connectivity index (χ4v) is 4.24. The van der Waals surface area contributed by atoms with Gasteiger partial charge in [0.1, 0.15) is 5.82 Å². The molecule has 26 heavy (non-hydrogen) atoms. The van der Waals surface area contributed by atoms with E-state index in [9.17, 15) is 9.18 Å². The number of likely N-dealkylation sites (tertiary alicyclic amines) is 1. The van der Waals surface area contributed by atoms with Crippen LogP contribution in [-0.2, 0) is 11.2 Å². The predicted molar refractivity (Wildman–Crippen MR) is 102 cm³/mol. The number of rotatable bonds is 7. The Morgan fingerprint density at radius 1 is 1.35 bits per heavy atom. The van der Waals surface area contributed by atoms with E-state index in [2.05, 4.69) is 12.2 Å². The van der Waals surface area contributed by atoms with Gasteiger partial charge >= 0.3 is 0 Å². The van der Waals surface area contributed by atoms with Crippen LogP contribution >= 0.6 is 0 Å². The summed E-state index contributed by atoms with van der Waals surface area (Å²) in [6, 6.07) is 7.08. The molecule has 0 radical (unpaired) electrons. The molecule has 1 aromatic rings. The van der Waals surface area contributed by atoms with Gasteiger partial charge in [0.25, 0.3) is 0 Å². The van der Waals surface area contributed by atoms with Crippen molar-refractivity contribution in [2.75, 3.05) is 19.6 Å². The largest absolute Gasteiger partial charge is 0.341 e. The quantitative estimate of drug-likeness (QED) is 0.785. The van der Waals surface area contributed by atoms with E-state index in [-0.39, 0.29) is 17.1 Å². The van der Waals surface area contributed by atoms with Gasteiger partial charge in [0.05, 0.1) is 6.04 Å². The lowest BCUT2D eigenvalue weighted by molar-refractivity contribution is -0.134. The number of carbonyl (C=O) groups excluding carboxylic acids is 1. The third-order valence-electron chi connectivity index (χ3n) is 6.20. The number of halogens is 1. The second-order valence-electron chi connectivity index (χ2n) is 8.31. The van der Waals surface area contributed by atoms with Gasteiger partial charge in [-0.1, -0.05) is 25.5 Å². The van der Waals surface area contributed by atoms with E-state index in [1.54, 1.807) is 19.1 Å². The first-order valence-electron chi connectivity index (χ1n) is 9.95. The minimum Gasteiger partial charge on any atom is -0.341 e. The lowest BCUT2D eigenvalue weighted by Crippen LogP contribution is -2.51. The summed E-state index contributed by atoms with van der Waals surface area (Å²) in [4.78, 5) is 14.1. The van der Waals surface area contributed by atoms with Crippen LogP contribution in [0, 0.1) is 17.2 Å². The van der Waals surface area contributed by atoms with Crippen molar-refractivity contribution in [1.82, 2.24) is 10.2 Å². The topological polar surface area (TPSA) is 58.4 Å². The summed E-state index contributed by atoms with van der Waals surface area (Å²) in [5.74, 6) is 0.668. The van der Waals surface area contributed by atoms with Crippen LogP contribution in [0.5, 0.6) is 0 Å². The van der Waals surface area contributed by atoms with E-state index >= 15 is 0 Å². The summed E-state index contributed by atoms with van der Waals surface area (Å²) < 4.78 is 13.3. The van der Waals surface area contributed by atoms with Crippen LogP contribution in [0.2, 0.25) is 0 Å². The molecule has 0 spiro atoms. The molecule has 1 saturated heterocycles. The molecule has 4 nitrogen and oxygen atoms in total. The molecule has 1 amide bonds. The number of amides is 1. The molecule has 144 valence electrons. The van der Waals surface area contributed by atoms with E-state index < -0.39 is 6.04 Å². The fraction of sp³-hybridized carbons (Fsp3) is 0.667. The average molecular weight is 362 g/mol. The Bertz CT molecular complexity index is 608. The first-order chi connectivity index (χ1) is 12.4. The van der Waals surface area contributed by atoms with Crippen LogP contribution in [-0.4, -0.2) is 42.5 Å². The SMILES string of the molecule is CCC1CC1NCC1(Cc2ccc(F)cc2)CCN(C(=O)C(C)N)CC1. The van der Waals surface area contributed by atoms with E-state index in [4.69, 9.17) is 5.73 Å². The highest BCUT2D eigenvalue weighted by Gasteiger charge is 2.40. The number of nitrogens with two attached hydrogens (primary N) is 1. The van der Waals surface area contributed by atoms with Crippen LogP contribution in [0.4, 0.5) is 4.39 Å². The highest BCUT2D eigenvalue weighted by molar-refractivity contribution is 5.81. The van der Waals surface area contributed by atoms with Gasteiger partial charge in [-0.15, -0.1) is 0 Å². The molecule has 1 saturated carbocycles. The van der Waals surface area contributed by atoms with Crippen molar-refractivity contribution in [2.24, 2.45) is 17.1 Å². The normalized spacial score (nSPS) is 25.8. The summed E-state index contributed by atoms with van der Waals surface area (Å²) in [6.07, 6.45) is 5.35. The first-order valence-corrected chi connectivity index (χ1v) is 9.95. The Labute approximate surface area is 156 Å². The van der Waals surface area contributed by atoms with Crippen LogP contribution in [0.1, 0.15) is 45.1 Å². The van der Waals surface area contributed by atoms with Crippen LogP contribution in [0.25, 0.3) is 0 Å². The molecule has 3 N–H and O–H groups in total. The summed E-state index contributed by atoms with van der Waals surface area (Å²) in [7, 11) is 0. The van der Waals surface area contributed by atoms with E-state index in [1.807, 2.05) is 17.0 Å². The minimum absolute atomic E-state index is 0.0431. The van der Waals surface area contributed by atoms with Crippen molar-refractivity contribution in [3.8, 4) is 0 Å². The minimum atomic E-state index is -0.436. The molecule has 1 aliphatic carbocycles. The maximum atomic E-state index is 13.3. The van der Waals surface area contributed by atoms with Crippen LogP contribution in [0.15, 0.2) is 24.3 Å². The number of carbonyl (C=O) groups is 1. The zero-order valence-electron chi connectivity index (χ0n) is 16.0. The molecule has 0 bridgehead atoms. The van der Waals surface area contributed by atoms with E-state index in [0.29, 0.717) is 6.04 Å². The highest BCUT2D eigenvalue weighted by Crippen LogP contribution is 2.38. The van der Waals surface area contributed by atoms with Crippen LogP contribution in [0.3, 0.4) is 0 Å². The molecular formula is C21H32FN3O. The van der Waals surface area contributed by atoms with Crippen molar-refractivity contribution in [3.63, 3.8) is 0 Å². The third-order valence-corrected chi connectivity index (χ3v) is 6.20. The smallest absolute Gasteiger partial charge is 0.239 e. The Morgan fingerprint density at radius 3 is 2.54 bits per heavy atom. The Hall–Kier alpha value is -1.46. The van der Waals surface area contributed by atoms with Crippen molar-refractivity contribution < 1.29 is 9.18 Å². The predicted octanol–water partition coefficient (Wildman–Crippen LogP) is 2.71. The molecule has 2 fully saturated rings. The second-order valence-corrected chi connectivity index (χ2v) is 8.31. The Balaban J connectivity index is 1.66. The molecule has 1 aromatic carbocycles. The standard InChI is InChI=1S/C21H32FN3O/c1-3-17-12-19(17)24-14-21(13-16-4-6-18(22)7-5-16)8-10-25(11-9-21)20(26)15(2)23/h4-7,15,17,19,24H,3,8-14,23H2,1-2H3. The first kappa shape index (κ1) is 19.3. The number of benzene rings is 1. The van der Waals surface area contributed by atoms with Gasteiger partial charge in [-0.2, -0.15) is 0 Å². The molecule has 3 atom stereocenters. The van der Waals surface area contributed by atoms with Gasteiger partial charge in [0.2, 0.25) is 5.91 Å². The van der Waals surface area contributed by atoms with Gasteiger partial charge < -0.3 is 16.0 Å². The lowest BCUT2D eigenvalue weighted by atomic mass is 9.73. The van der Waals surface area contributed by atoms with Crippen molar-refractivity contribution in [3.05, 3.63) is 35.6 Å². The Morgan fingerprint density at radius 2 is 2.00 bits per heavy atom. The lowest BCUT2D eigenvalue weighted by Gasteiger charge is -2.43. The Kier molecular flexibility index (Phi) is 5.98. The summed E-state index contributed by atoms with van der Waals surface area (Å²) in [5, 5.41) is 3.76. The zero-order chi connectivity index (χ0) is 18.7. The monoisotopic (exact) mass is 361 g/mol. The molecule has 0 aromatic heterocycles. The number of hydrogen-bond donors (Lipinski definition) is 2. The molecular weight excluding hydrogens is 329 g/mol. The van der Waals surface area contributed by atoms with Crippen molar-refractivity contribution in [2.45, 2.75) is 58.0 Å². The van der Waals surface area contributed by atoms with Gasteiger partial charge in [-0.05, 0) is 61.6 Å². The van der Waals surface area contributed by atoms with Crippen LogP contribution < -0.4 is 11.1 Å². The fourth-order valence-electron chi connectivity index (χ4n) is 4.24. The molecule has 1 heterocycles. The summed E-state index contributed by atoms with van der Waals surface area (Å²) in [5.41, 5.74) is 7.06. The zero-order valence-corrected chi connectivity index (χ0v) is 16.0. The summed E-state index contributed by atoms with van der Waals surface area (Å²) in [6.45, 7) is 6.48. The average Bonchev–Trinajstić information content (AvgIpc) is 3.41. The van der Waals surface area contributed by atoms with Gasteiger partial charge in [-0.25, -0.2) is 4.39 Å². The molecule has 1 aliphatic heterocycles. The number of nitrogens with one attached hydrogen (secondary N) is 1. The van der Waals surface area contributed by atoms with E-state index in [0.717, 1.165) is 44.8 Å².